The molecule has 174 valence electrons. The van der Waals surface area contributed by atoms with Crippen molar-refractivity contribution in [2.45, 2.75) is 53.0 Å². The number of fused-ring (bicyclic) bond motifs is 2. The van der Waals surface area contributed by atoms with Crippen molar-refractivity contribution >= 4 is 39.2 Å². The number of nitrogens with one attached hydrogen (secondary N) is 1. The first-order chi connectivity index (χ1) is 15.7. The Bertz CT molecular complexity index is 1400. The molecule has 0 saturated heterocycles. The maximum Gasteiger partial charge on any atom is 0.341 e. The molecule has 1 amide bonds. The Morgan fingerprint density at radius 3 is 2.67 bits per heavy atom. The molecular formula is C23H26N4O5S. The topological polar surface area (TPSA) is 112 Å². The van der Waals surface area contributed by atoms with Crippen LogP contribution >= 0.6 is 11.3 Å². The van der Waals surface area contributed by atoms with Crippen LogP contribution in [0.1, 0.15) is 51.8 Å². The number of hydrogen-bond donors (Lipinski definition) is 1. The zero-order valence-electron chi connectivity index (χ0n) is 19.1. The molecule has 3 aromatic rings. The summed E-state index contributed by atoms with van der Waals surface area (Å²) >= 11 is 1.36. The van der Waals surface area contributed by atoms with E-state index in [-0.39, 0.29) is 12.3 Å². The van der Waals surface area contributed by atoms with Crippen LogP contribution in [0.25, 0.3) is 11.0 Å². The molecule has 0 unspecified atom stereocenters. The van der Waals surface area contributed by atoms with E-state index in [2.05, 4.69) is 10.3 Å². The molecule has 0 saturated carbocycles. The second-order valence-corrected chi connectivity index (χ2v) is 9.30. The molecule has 1 N–H and O–H groups in total. The van der Waals surface area contributed by atoms with Gasteiger partial charge >= 0.3 is 11.7 Å². The second-order valence-electron chi connectivity index (χ2n) is 8.20. The third-order valence-corrected chi connectivity index (χ3v) is 7.03. The van der Waals surface area contributed by atoms with Gasteiger partial charge in [-0.1, -0.05) is 0 Å². The fourth-order valence-corrected chi connectivity index (χ4v) is 5.63. The van der Waals surface area contributed by atoms with E-state index in [1.807, 2.05) is 0 Å². The highest BCUT2D eigenvalue weighted by Gasteiger charge is 2.27. The molecule has 9 nitrogen and oxygen atoms in total. The van der Waals surface area contributed by atoms with E-state index in [1.165, 1.54) is 23.0 Å². The summed E-state index contributed by atoms with van der Waals surface area (Å²) in [5.41, 5.74) is 1.78. The predicted octanol–water partition coefficient (Wildman–Crippen LogP) is 2.47. The van der Waals surface area contributed by atoms with E-state index in [0.29, 0.717) is 27.2 Å². The van der Waals surface area contributed by atoms with Crippen molar-refractivity contribution in [1.29, 1.82) is 0 Å². The summed E-state index contributed by atoms with van der Waals surface area (Å²) in [7, 11) is 1.52. The highest BCUT2D eigenvalue weighted by molar-refractivity contribution is 7.17. The van der Waals surface area contributed by atoms with Gasteiger partial charge in [0.15, 0.2) is 0 Å². The van der Waals surface area contributed by atoms with Crippen molar-refractivity contribution in [2.75, 3.05) is 11.9 Å². The van der Waals surface area contributed by atoms with E-state index in [1.54, 1.807) is 26.8 Å². The number of nitrogens with zero attached hydrogens (tertiary/aromatic N) is 3. The van der Waals surface area contributed by atoms with E-state index >= 15 is 0 Å². The number of anilines is 1. The average molecular weight is 471 g/mol. The molecule has 4 rings (SSSR count). The van der Waals surface area contributed by atoms with Crippen LogP contribution in [-0.2, 0) is 36.0 Å². The van der Waals surface area contributed by atoms with Crippen LogP contribution in [0.5, 0.6) is 0 Å². The molecule has 0 aliphatic heterocycles. The highest BCUT2D eigenvalue weighted by atomic mass is 32.1. The van der Waals surface area contributed by atoms with Gasteiger partial charge in [0.2, 0.25) is 5.91 Å². The van der Waals surface area contributed by atoms with Gasteiger partial charge in [-0.05, 0) is 63.6 Å². The zero-order valence-corrected chi connectivity index (χ0v) is 19.9. The van der Waals surface area contributed by atoms with Gasteiger partial charge in [-0.3, -0.25) is 18.7 Å². The first kappa shape index (κ1) is 22.9. The number of amides is 1. The zero-order chi connectivity index (χ0) is 23.9. The highest BCUT2D eigenvalue weighted by Crippen LogP contribution is 2.38. The van der Waals surface area contributed by atoms with Crippen LogP contribution in [0.4, 0.5) is 5.00 Å². The first-order valence-electron chi connectivity index (χ1n) is 10.9. The van der Waals surface area contributed by atoms with Crippen LogP contribution in [0.3, 0.4) is 0 Å². The number of aryl methyl sites for hydroxylation is 4. The molecule has 0 radical (unpaired) electrons. The number of rotatable bonds is 5. The summed E-state index contributed by atoms with van der Waals surface area (Å²) < 4.78 is 7.40. The van der Waals surface area contributed by atoms with Crippen molar-refractivity contribution in [1.82, 2.24) is 14.1 Å². The molecule has 1 aliphatic rings. The van der Waals surface area contributed by atoms with E-state index in [9.17, 15) is 19.2 Å². The SMILES string of the molecule is CCOC(=O)c1c(NC(=O)Cn2c(=O)c3c(C)cc(C)nc3n(C)c2=O)sc2c1CCCC2. The minimum absolute atomic E-state index is 0.228. The Kier molecular flexibility index (Phi) is 6.20. The lowest BCUT2D eigenvalue weighted by molar-refractivity contribution is -0.116. The maximum absolute atomic E-state index is 13.1. The average Bonchev–Trinajstić information content (AvgIpc) is 3.12. The molecule has 1 aliphatic carbocycles. The van der Waals surface area contributed by atoms with Gasteiger partial charge in [0.1, 0.15) is 17.2 Å². The molecule has 33 heavy (non-hydrogen) atoms. The van der Waals surface area contributed by atoms with Crippen LogP contribution in [0, 0.1) is 13.8 Å². The summed E-state index contributed by atoms with van der Waals surface area (Å²) in [5, 5.41) is 3.46. The van der Waals surface area contributed by atoms with Gasteiger partial charge in [0, 0.05) is 17.6 Å². The molecular weight excluding hydrogens is 444 g/mol. The minimum atomic E-state index is -0.628. The standard InChI is InChI=1S/C23H26N4O5S/c1-5-32-22(30)18-14-8-6-7-9-15(14)33-20(18)25-16(28)11-27-21(29)17-12(2)10-13(3)24-19(17)26(4)23(27)31/h10H,5-9,11H2,1-4H3,(H,25,28). The molecule has 10 heteroatoms. The number of esters is 1. The van der Waals surface area contributed by atoms with Crippen molar-refractivity contribution < 1.29 is 14.3 Å². The monoisotopic (exact) mass is 470 g/mol. The summed E-state index contributed by atoms with van der Waals surface area (Å²) in [6.07, 6.45) is 3.60. The van der Waals surface area contributed by atoms with Crippen LogP contribution in [0.15, 0.2) is 15.7 Å². The van der Waals surface area contributed by atoms with Crippen molar-refractivity contribution in [2.24, 2.45) is 7.05 Å². The molecule has 3 heterocycles. The van der Waals surface area contributed by atoms with Crippen molar-refractivity contribution in [3.05, 3.63) is 54.2 Å². The summed E-state index contributed by atoms with van der Waals surface area (Å²) in [5.74, 6) is -1.03. The lowest BCUT2D eigenvalue weighted by Gasteiger charge is -2.13. The largest absolute Gasteiger partial charge is 0.462 e. The lowest BCUT2D eigenvalue weighted by Crippen LogP contribution is -2.42. The molecule has 0 aromatic carbocycles. The van der Waals surface area contributed by atoms with Crippen LogP contribution in [0.2, 0.25) is 0 Å². The Hall–Kier alpha value is -3.27. The Labute approximate surface area is 194 Å². The fraction of sp³-hybridized carbons (Fsp3) is 0.435. The number of carbonyl (C=O) groups is 2. The molecule has 0 atom stereocenters. The third kappa shape index (κ3) is 4.10. The first-order valence-corrected chi connectivity index (χ1v) is 11.7. The van der Waals surface area contributed by atoms with Gasteiger partial charge in [0.05, 0.1) is 17.6 Å². The summed E-state index contributed by atoms with van der Waals surface area (Å²) in [6, 6.07) is 1.76. The number of carbonyl (C=O) groups excluding carboxylic acids is 2. The maximum atomic E-state index is 13.1. The van der Waals surface area contributed by atoms with E-state index in [4.69, 9.17) is 4.74 Å². The van der Waals surface area contributed by atoms with E-state index < -0.39 is 29.7 Å². The smallest absolute Gasteiger partial charge is 0.341 e. The minimum Gasteiger partial charge on any atom is -0.462 e. The van der Waals surface area contributed by atoms with Gasteiger partial charge in [-0.25, -0.2) is 14.6 Å². The van der Waals surface area contributed by atoms with Crippen molar-refractivity contribution in [3.8, 4) is 0 Å². The van der Waals surface area contributed by atoms with Gasteiger partial charge in [-0.15, -0.1) is 11.3 Å². The van der Waals surface area contributed by atoms with Crippen LogP contribution in [-0.4, -0.2) is 32.6 Å². The third-order valence-electron chi connectivity index (χ3n) is 5.83. The molecule has 0 bridgehead atoms. The number of ether oxygens (including phenoxy) is 1. The number of thiophene rings is 1. The summed E-state index contributed by atoms with van der Waals surface area (Å²) in [6.45, 7) is 5.05. The van der Waals surface area contributed by atoms with Gasteiger partial charge in [-0.2, -0.15) is 0 Å². The van der Waals surface area contributed by atoms with E-state index in [0.717, 1.165) is 40.7 Å². The Morgan fingerprint density at radius 1 is 1.21 bits per heavy atom. The van der Waals surface area contributed by atoms with Gasteiger partial charge in [0.25, 0.3) is 5.56 Å². The van der Waals surface area contributed by atoms with Crippen LogP contribution < -0.4 is 16.6 Å². The Balaban J connectivity index is 1.71. The number of aromatic nitrogens is 3. The number of hydrogen-bond acceptors (Lipinski definition) is 7. The molecule has 0 spiro atoms. The molecule has 0 fully saturated rings. The van der Waals surface area contributed by atoms with Gasteiger partial charge < -0.3 is 10.1 Å². The summed E-state index contributed by atoms with van der Waals surface area (Å²) in [4.78, 5) is 56.9. The van der Waals surface area contributed by atoms with Crippen molar-refractivity contribution in [3.63, 3.8) is 0 Å². The number of pyridine rings is 1. The molecule has 3 aromatic heterocycles. The normalized spacial score (nSPS) is 13.1. The fourth-order valence-electron chi connectivity index (χ4n) is 4.34. The quantitative estimate of drug-likeness (QED) is 0.574. The lowest BCUT2D eigenvalue weighted by atomic mass is 9.95. The predicted molar refractivity (Wildman–Crippen MR) is 126 cm³/mol. The second kappa shape index (κ2) is 8.93. The Morgan fingerprint density at radius 2 is 1.94 bits per heavy atom.